The molecule has 1 aromatic rings. The second-order valence-electron chi connectivity index (χ2n) is 4.68. The van der Waals surface area contributed by atoms with Crippen LogP contribution in [-0.4, -0.2) is 18.1 Å². The lowest BCUT2D eigenvalue weighted by atomic mass is 10.2. The number of carbonyl (C=O) groups excluding carboxylic acids is 1. The maximum Gasteiger partial charge on any atom is 0.253 e. The van der Waals surface area contributed by atoms with Crippen molar-refractivity contribution in [2.45, 2.75) is 44.8 Å². The van der Waals surface area contributed by atoms with Crippen LogP contribution in [0.3, 0.4) is 0 Å². The van der Waals surface area contributed by atoms with Crippen LogP contribution in [0, 0.1) is 0 Å². The standard InChI is InChI=1S/C14H18BrNO2/c1-10(18-13-4-2-3-5-13)14(17)16-12-8-6-11(15)7-9-12/h6-10,13H,2-5H2,1H3,(H,16,17)/t10-/m1/s1. The molecule has 0 aliphatic heterocycles. The average molecular weight is 312 g/mol. The van der Waals surface area contributed by atoms with Gasteiger partial charge in [-0.2, -0.15) is 0 Å². The third-order valence-electron chi connectivity index (χ3n) is 3.18. The summed E-state index contributed by atoms with van der Waals surface area (Å²) < 4.78 is 6.74. The van der Waals surface area contributed by atoms with Crippen LogP contribution in [0.15, 0.2) is 28.7 Å². The minimum Gasteiger partial charge on any atom is -0.365 e. The van der Waals surface area contributed by atoms with Gasteiger partial charge < -0.3 is 10.1 Å². The molecule has 1 amide bonds. The molecule has 1 saturated carbocycles. The highest BCUT2D eigenvalue weighted by Crippen LogP contribution is 2.22. The molecule has 1 aliphatic rings. The van der Waals surface area contributed by atoms with Gasteiger partial charge >= 0.3 is 0 Å². The Labute approximate surface area is 116 Å². The second kappa shape index (κ2) is 6.34. The highest BCUT2D eigenvalue weighted by molar-refractivity contribution is 9.10. The van der Waals surface area contributed by atoms with Crippen molar-refractivity contribution in [2.24, 2.45) is 0 Å². The minimum atomic E-state index is -0.392. The van der Waals surface area contributed by atoms with Gasteiger partial charge in [0.25, 0.3) is 5.91 Å². The van der Waals surface area contributed by atoms with Crippen molar-refractivity contribution in [1.82, 2.24) is 0 Å². The topological polar surface area (TPSA) is 38.3 Å². The van der Waals surface area contributed by atoms with Crippen LogP contribution in [0.4, 0.5) is 5.69 Å². The Morgan fingerprint density at radius 3 is 2.56 bits per heavy atom. The van der Waals surface area contributed by atoms with Crippen LogP contribution in [0.5, 0.6) is 0 Å². The van der Waals surface area contributed by atoms with E-state index in [-0.39, 0.29) is 12.0 Å². The molecule has 1 N–H and O–H groups in total. The Morgan fingerprint density at radius 1 is 1.33 bits per heavy atom. The molecular formula is C14H18BrNO2. The lowest BCUT2D eigenvalue weighted by Gasteiger charge is -2.18. The predicted octanol–water partition coefficient (Wildman–Crippen LogP) is 3.74. The number of benzene rings is 1. The van der Waals surface area contributed by atoms with E-state index in [1.807, 2.05) is 31.2 Å². The molecule has 0 unspecified atom stereocenters. The lowest BCUT2D eigenvalue weighted by Crippen LogP contribution is -2.30. The van der Waals surface area contributed by atoms with E-state index < -0.39 is 6.10 Å². The van der Waals surface area contributed by atoms with E-state index in [1.165, 1.54) is 12.8 Å². The molecule has 18 heavy (non-hydrogen) atoms. The maximum absolute atomic E-state index is 11.9. The van der Waals surface area contributed by atoms with E-state index in [0.29, 0.717) is 0 Å². The molecule has 1 fully saturated rings. The van der Waals surface area contributed by atoms with Crippen LogP contribution >= 0.6 is 15.9 Å². The molecule has 0 bridgehead atoms. The normalized spacial score (nSPS) is 17.7. The number of hydrogen-bond donors (Lipinski definition) is 1. The number of rotatable bonds is 4. The summed E-state index contributed by atoms with van der Waals surface area (Å²) in [5.41, 5.74) is 0.796. The van der Waals surface area contributed by atoms with Crippen molar-refractivity contribution in [3.63, 3.8) is 0 Å². The van der Waals surface area contributed by atoms with E-state index in [9.17, 15) is 4.79 Å². The second-order valence-corrected chi connectivity index (χ2v) is 5.60. The molecular weight excluding hydrogens is 294 g/mol. The zero-order valence-electron chi connectivity index (χ0n) is 10.5. The molecule has 3 nitrogen and oxygen atoms in total. The maximum atomic E-state index is 11.9. The summed E-state index contributed by atoms with van der Waals surface area (Å²) in [7, 11) is 0. The van der Waals surface area contributed by atoms with E-state index in [2.05, 4.69) is 21.2 Å². The molecule has 1 atom stereocenters. The molecule has 4 heteroatoms. The summed E-state index contributed by atoms with van der Waals surface area (Å²) in [6, 6.07) is 7.53. The number of anilines is 1. The van der Waals surface area contributed by atoms with Crippen molar-refractivity contribution in [3.8, 4) is 0 Å². The summed E-state index contributed by atoms with van der Waals surface area (Å²) in [5, 5.41) is 2.86. The van der Waals surface area contributed by atoms with Gasteiger partial charge in [-0.25, -0.2) is 0 Å². The fraction of sp³-hybridized carbons (Fsp3) is 0.500. The third kappa shape index (κ3) is 3.82. The van der Waals surface area contributed by atoms with Crippen molar-refractivity contribution in [3.05, 3.63) is 28.7 Å². The molecule has 0 aromatic heterocycles. The first-order chi connectivity index (χ1) is 8.65. The minimum absolute atomic E-state index is 0.0794. The Morgan fingerprint density at radius 2 is 1.94 bits per heavy atom. The monoisotopic (exact) mass is 311 g/mol. The SMILES string of the molecule is C[C@@H](OC1CCCC1)C(=O)Nc1ccc(Br)cc1. The van der Waals surface area contributed by atoms with E-state index in [4.69, 9.17) is 4.74 Å². The zero-order valence-corrected chi connectivity index (χ0v) is 12.1. The first-order valence-electron chi connectivity index (χ1n) is 6.37. The number of halogens is 1. The summed E-state index contributed by atoms with van der Waals surface area (Å²) >= 11 is 3.36. The number of carbonyl (C=O) groups is 1. The average Bonchev–Trinajstić information content (AvgIpc) is 2.85. The van der Waals surface area contributed by atoms with Crippen LogP contribution < -0.4 is 5.32 Å². The van der Waals surface area contributed by atoms with Crippen molar-refractivity contribution < 1.29 is 9.53 Å². The Kier molecular flexibility index (Phi) is 4.78. The summed E-state index contributed by atoms with van der Waals surface area (Å²) in [4.78, 5) is 11.9. The number of hydrogen-bond acceptors (Lipinski definition) is 2. The van der Waals surface area contributed by atoms with Crippen molar-refractivity contribution >= 4 is 27.5 Å². The molecule has 2 rings (SSSR count). The summed E-state index contributed by atoms with van der Waals surface area (Å²) in [5.74, 6) is -0.0794. The smallest absolute Gasteiger partial charge is 0.253 e. The van der Waals surface area contributed by atoms with Crippen LogP contribution in [0.25, 0.3) is 0 Å². The third-order valence-corrected chi connectivity index (χ3v) is 3.71. The number of nitrogens with one attached hydrogen (secondary N) is 1. The molecule has 0 radical (unpaired) electrons. The van der Waals surface area contributed by atoms with Crippen molar-refractivity contribution in [2.75, 3.05) is 5.32 Å². The Balaban J connectivity index is 1.84. The van der Waals surface area contributed by atoms with Gasteiger partial charge in [-0.3, -0.25) is 4.79 Å². The zero-order chi connectivity index (χ0) is 13.0. The largest absolute Gasteiger partial charge is 0.365 e. The number of amides is 1. The van der Waals surface area contributed by atoms with Crippen molar-refractivity contribution in [1.29, 1.82) is 0 Å². The summed E-state index contributed by atoms with van der Waals surface area (Å²) in [6.45, 7) is 1.81. The lowest BCUT2D eigenvalue weighted by molar-refractivity contribution is -0.129. The Bertz CT molecular complexity index is 399. The van der Waals surface area contributed by atoms with Crippen LogP contribution in [0.1, 0.15) is 32.6 Å². The van der Waals surface area contributed by atoms with Gasteiger partial charge in [-0.05, 0) is 44.0 Å². The van der Waals surface area contributed by atoms with Gasteiger partial charge in [0.2, 0.25) is 0 Å². The predicted molar refractivity (Wildman–Crippen MR) is 75.6 cm³/mol. The summed E-state index contributed by atoms with van der Waals surface area (Å²) in [6.07, 6.45) is 4.45. The van der Waals surface area contributed by atoms with E-state index in [0.717, 1.165) is 23.0 Å². The molecule has 1 aliphatic carbocycles. The first kappa shape index (κ1) is 13.6. The molecule has 0 saturated heterocycles. The van der Waals surface area contributed by atoms with Gasteiger partial charge in [-0.15, -0.1) is 0 Å². The first-order valence-corrected chi connectivity index (χ1v) is 7.16. The molecule has 98 valence electrons. The van der Waals surface area contributed by atoms with Crippen LogP contribution in [0.2, 0.25) is 0 Å². The quantitative estimate of drug-likeness (QED) is 0.920. The van der Waals surface area contributed by atoms with E-state index >= 15 is 0 Å². The molecule has 0 spiro atoms. The fourth-order valence-corrected chi connectivity index (χ4v) is 2.42. The van der Waals surface area contributed by atoms with Gasteiger partial charge in [0.15, 0.2) is 0 Å². The van der Waals surface area contributed by atoms with Gasteiger partial charge in [-0.1, -0.05) is 28.8 Å². The fourth-order valence-electron chi connectivity index (χ4n) is 2.15. The highest BCUT2D eigenvalue weighted by atomic mass is 79.9. The van der Waals surface area contributed by atoms with Gasteiger partial charge in [0, 0.05) is 10.2 Å². The Hall–Kier alpha value is -0.870. The van der Waals surface area contributed by atoms with Crippen LogP contribution in [-0.2, 0) is 9.53 Å². The van der Waals surface area contributed by atoms with E-state index in [1.54, 1.807) is 0 Å². The van der Waals surface area contributed by atoms with Gasteiger partial charge in [0.1, 0.15) is 6.10 Å². The highest BCUT2D eigenvalue weighted by Gasteiger charge is 2.22. The number of ether oxygens (including phenoxy) is 1. The molecule has 1 aromatic carbocycles. The van der Waals surface area contributed by atoms with Gasteiger partial charge in [0.05, 0.1) is 6.10 Å². The molecule has 0 heterocycles.